The van der Waals surface area contributed by atoms with E-state index in [0.717, 1.165) is 5.01 Å². The third-order valence-electron chi connectivity index (χ3n) is 2.60. The van der Waals surface area contributed by atoms with Crippen LogP contribution in [-0.4, -0.2) is 23.0 Å². The van der Waals surface area contributed by atoms with E-state index in [0.29, 0.717) is 11.4 Å². The molecule has 5 nitrogen and oxygen atoms in total. The van der Waals surface area contributed by atoms with Gasteiger partial charge in [-0.05, 0) is 26.0 Å². The number of methoxy groups -OCH3 is 1. The molecule has 2 aromatic rings. The highest BCUT2D eigenvalue weighted by Crippen LogP contribution is 2.23. The molecule has 1 amide bonds. The van der Waals surface area contributed by atoms with Crippen LogP contribution in [0.3, 0.4) is 0 Å². The average Bonchev–Trinajstić information content (AvgIpc) is 2.93. The van der Waals surface area contributed by atoms with Crippen LogP contribution in [0.4, 0.5) is 0 Å². The van der Waals surface area contributed by atoms with Crippen molar-refractivity contribution in [1.29, 1.82) is 0 Å². The van der Waals surface area contributed by atoms with E-state index in [9.17, 15) is 4.79 Å². The Labute approximate surface area is 115 Å². The minimum atomic E-state index is -0.536. The van der Waals surface area contributed by atoms with Crippen molar-refractivity contribution < 1.29 is 9.53 Å². The molecule has 0 radical (unpaired) electrons. The standard InChI is InChI=1S/C13H15N3O2S/c1-13(2,12-15-7-8-19-12)16-10(17)9-5-4-6-14-11(9)18-3/h4-8H,1-3H3,(H,16,17). The number of hydrogen-bond donors (Lipinski definition) is 1. The Balaban J connectivity index is 2.22. The first-order valence-corrected chi connectivity index (χ1v) is 6.64. The number of ether oxygens (including phenoxy) is 1. The molecule has 100 valence electrons. The zero-order valence-corrected chi connectivity index (χ0v) is 11.8. The van der Waals surface area contributed by atoms with E-state index >= 15 is 0 Å². The molecule has 0 saturated carbocycles. The number of nitrogens with one attached hydrogen (secondary N) is 1. The molecule has 0 aliphatic heterocycles. The van der Waals surface area contributed by atoms with Crippen molar-refractivity contribution in [2.75, 3.05) is 7.11 Å². The topological polar surface area (TPSA) is 64.1 Å². The Morgan fingerprint density at radius 1 is 1.37 bits per heavy atom. The second-order valence-corrected chi connectivity index (χ2v) is 5.37. The molecule has 0 saturated heterocycles. The van der Waals surface area contributed by atoms with Crippen LogP contribution in [0.5, 0.6) is 5.88 Å². The molecule has 0 bridgehead atoms. The van der Waals surface area contributed by atoms with E-state index in [2.05, 4.69) is 15.3 Å². The lowest BCUT2D eigenvalue weighted by Crippen LogP contribution is -2.41. The lowest BCUT2D eigenvalue weighted by atomic mass is 10.1. The maximum atomic E-state index is 12.3. The van der Waals surface area contributed by atoms with Crippen molar-refractivity contribution in [3.05, 3.63) is 40.5 Å². The van der Waals surface area contributed by atoms with Crippen molar-refractivity contribution in [1.82, 2.24) is 15.3 Å². The van der Waals surface area contributed by atoms with Crippen LogP contribution in [0.2, 0.25) is 0 Å². The molecule has 2 heterocycles. The summed E-state index contributed by atoms with van der Waals surface area (Å²) >= 11 is 1.50. The number of rotatable bonds is 4. The van der Waals surface area contributed by atoms with Gasteiger partial charge in [-0.2, -0.15) is 0 Å². The molecule has 0 fully saturated rings. The summed E-state index contributed by atoms with van der Waals surface area (Å²) in [5, 5.41) is 5.67. The van der Waals surface area contributed by atoms with Gasteiger partial charge in [0.15, 0.2) is 0 Å². The molecule has 2 aromatic heterocycles. The number of thiazole rings is 1. The van der Waals surface area contributed by atoms with Gasteiger partial charge in [0, 0.05) is 17.8 Å². The zero-order chi connectivity index (χ0) is 13.9. The smallest absolute Gasteiger partial charge is 0.257 e. The summed E-state index contributed by atoms with van der Waals surface area (Å²) in [5.41, 5.74) is -0.124. The van der Waals surface area contributed by atoms with Crippen LogP contribution in [0.1, 0.15) is 29.2 Å². The Hall–Kier alpha value is -1.95. The summed E-state index contributed by atoms with van der Waals surface area (Å²) < 4.78 is 5.09. The molecule has 19 heavy (non-hydrogen) atoms. The van der Waals surface area contributed by atoms with E-state index in [4.69, 9.17) is 4.74 Å². The highest BCUT2D eigenvalue weighted by molar-refractivity contribution is 7.09. The first-order valence-electron chi connectivity index (χ1n) is 5.76. The number of pyridine rings is 1. The maximum absolute atomic E-state index is 12.3. The van der Waals surface area contributed by atoms with Crippen LogP contribution in [0, 0.1) is 0 Å². The molecule has 0 spiro atoms. The number of carbonyl (C=O) groups is 1. The van der Waals surface area contributed by atoms with Gasteiger partial charge in [0.1, 0.15) is 10.6 Å². The van der Waals surface area contributed by atoms with E-state index in [1.807, 2.05) is 19.2 Å². The van der Waals surface area contributed by atoms with Crippen molar-refractivity contribution >= 4 is 17.2 Å². The second-order valence-electron chi connectivity index (χ2n) is 4.48. The van der Waals surface area contributed by atoms with Gasteiger partial charge >= 0.3 is 0 Å². The molecular weight excluding hydrogens is 262 g/mol. The number of nitrogens with zero attached hydrogens (tertiary/aromatic N) is 2. The fourth-order valence-electron chi connectivity index (χ4n) is 1.66. The third-order valence-corrected chi connectivity index (χ3v) is 3.70. The number of carbonyl (C=O) groups excluding carboxylic acids is 1. The molecule has 2 rings (SSSR count). The summed E-state index contributed by atoms with van der Waals surface area (Å²) in [6.45, 7) is 3.82. The lowest BCUT2D eigenvalue weighted by molar-refractivity contribution is 0.0908. The first-order chi connectivity index (χ1) is 9.04. The lowest BCUT2D eigenvalue weighted by Gasteiger charge is -2.24. The minimum absolute atomic E-state index is 0.231. The van der Waals surface area contributed by atoms with Crippen molar-refractivity contribution in [2.24, 2.45) is 0 Å². The summed E-state index contributed by atoms with van der Waals surface area (Å²) in [4.78, 5) is 20.5. The summed E-state index contributed by atoms with van der Waals surface area (Å²) in [6, 6.07) is 3.38. The quantitative estimate of drug-likeness (QED) is 0.930. The fourth-order valence-corrected chi connectivity index (χ4v) is 2.38. The molecule has 6 heteroatoms. The van der Waals surface area contributed by atoms with Gasteiger partial charge in [0.25, 0.3) is 5.91 Å². The largest absolute Gasteiger partial charge is 0.480 e. The van der Waals surface area contributed by atoms with E-state index in [-0.39, 0.29) is 5.91 Å². The molecule has 1 N–H and O–H groups in total. The predicted octanol–water partition coefficient (Wildman–Crippen LogP) is 2.21. The molecule has 0 atom stereocenters. The summed E-state index contributed by atoms with van der Waals surface area (Å²) in [7, 11) is 1.49. The third kappa shape index (κ3) is 2.90. The van der Waals surface area contributed by atoms with Gasteiger partial charge in [0.2, 0.25) is 5.88 Å². The van der Waals surface area contributed by atoms with Crippen LogP contribution in [0.15, 0.2) is 29.9 Å². The normalized spacial score (nSPS) is 11.1. The van der Waals surface area contributed by atoms with Crippen LogP contribution < -0.4 is 10.1 Å². The van der Waals surface area contributed by atoms with Crippen molar-refractivity contribution in [3.63, 3.8) is 0 Å². The molecule has 0 aliphatic rings. The van der Waals surface area contributed by atoms with Gasteiger partial charge in [-0.25, -0.2) is 9.97 Å². The first kappa shape index (κ1) is 13.5. The Morgan fingerprint density at radius 2 is 2.16 bits per heavy atom. The fraction of sp³-hybridized carbons (Fsp3) is 0.308. The minimum Gasteiger partial charge on any atom is -0.480 e. The van der Waals surface area contributed by atoms with Crippen LogP contribution in [-0.2, 0) is 5.54 Å². The number of hydrogen-bond acceptors (Lipinski definition) is 5. The molecular formula is C13H15N3O2S. The van der Waals surface area contributed by atoms with Crippen molar-refractivity contribution in [3.8, 4) is 5.88 Å². The van der Waals surface area contributed by atoms with E-state index in [1.165, 1.54) is 18.4 Å². The molecule has 0 aliphatic carbocycles. The zero-order valence-electron chi connectivity index (χ0n) is 11.0. The maximum Gasteiger partial charge on any atom is 0.257 e. The van der Waals surface area contributed by atoms with Gasteiger partial charge in [0.05, 0.1) is 12.6 Å². The van der Waals surface area contributed by atoms with Gasteiger partial charge in [-0.3, -0.25) is 4.79 Å². The second kappa shape index (κ2) is 5.36. The predicted molar refractivity (Wildman–Crippen MR) is 73.4 cm³/mol. The van der Waals surface area contributed by atoms with Crippen LogP contribution >= 0.6 is 11.3 Å². The summed E-state index contributed by atoms with van der Waals surface area (Å²) in [5.74, 6) is 0.0834. The average molecular weight is 277 g/mol. The number of aromatic nitrogens is 2. The van der Waals surface area contributed by atoms with Gasteiger partial charge in [-0.15, -0.1) is 11.3 Å². The Kier molecular flexibility index (Phi) is 3.80. The monoisotopic (exact) mass is 277 g/mol. The highest BCUT2D eigenvalue weighted by Gasteiger charge is 2.27. The molecule has 0 aromatic carbocycles. The Bertz CT molecular complexity index is 567. The van der Waals surface area contributed by atoms with Crippen LogP contribution in [0.25, 0.3) is 0 Å². The summed E-state index contributed by atoms with van der Waals surface area (Å²) in [6.07, 6.45) is 3.31. The highest BCUT2D eigenvalue weighted by atomic mass is 32.1. The van der Waals surface area contributed by atoms with Gasteiger partial charge in [-0.1, -0.05) is 0 Å². The SMILES string of the molecule is COc1ncccc1C(=O)NC(C)(C)c1nccs1. The van der Waals surface area contributed by atoms with E-state index in [1.54, 1.807) is 24.5 Å². The number of amides is 1. The Morgan fingerprint density at radius 3 is 2.79 bits per heavy atom. The van der Waals surface area contributed by atoms with E-state index < -0.39 is 5.54 Å². The van der Waals surface area contributed by atoms with Gasteiger partial charge < -0.3 is 10.1 Å². The van der Waals surface area contributed by atoms with Crippen molar-refractivity contribution in [2.45, 2.75) is 19.4 Å². The molecule has 0 unspecified atom stereocenters.